The van der Waals surface area contributed by atoms with Crippen molar-refractivity contribution in [1.82, 2.24) is 4.98 Å². The Labute approximate surface area is 147 Å². The van der Waals surface area contributed by atoms with Gasteiger partial charge in [-0.05, 0) is 55.7 Å². The molecule has 0 spiro atoms. The van der Waals surface area contributed by atoms with E-state index in [9.17, 15) is 13.2 Å². The first-order chi connectivity index (χ1) is 11.9. The number of aryl methyl sites for hydroxylation is 1. The number of nitrogens with one attached hydrogen (secondary N) is 1. The quantitative estimate of drug-likeness (QED) is 0.910. The van der Waals surface area contributed by atoms with E-state index in [2.05, 4.69) is 10.3 Å². The topological polar surface area (TPSA) is 79.4 Å². The van der Waals surface area contributed by atoms with Gasteiger partial charge in [0.25, 0.3) is 0 Å². The normalized spacial score (nSPS) is 16.4. The number of sulfonamides is 1. The Morgan fingerprint density at radius 3 is 2.84 bits per heavy atom. The SMILES string of the molecule is Cc1ccnc(CC(=O)Nc2cccc(N3CCCCS3(=O)=O)c2)c1. The number of aromatic nitrogens is 1. The maximum Gasteiger partial charge on any atom is 0.235 e. The van der Waals surface area contributed by atoms with Crippen molar-refractivity contribution in [3.05, 3.63) is 53.9 Å². The Bertz CT molecular complexity index is 881. The Balaban J connectivity index is 1.72. The second-order valence-electron chi connectivity index (χ2n) is 6.20. The zero-order chi connectivity index (χ0) is 17.9. The van der Waals surface area contributed by atoms with Crippen LogP contribution in [0.2, 0.25) is 0 Å². The average Bonchev–Trinajstić information content (AvgIpc) is 2.54. The van der Waals surface area contributed by atoms with Crippen molar-refractivity contribution >= 4 is 27.3 Å². The molecular formula is C18H21N3O3S. The van der Waals surface area contributed by atoms with Crippen LogP contribution in [0.1, 0.15) is 24.1 Å². The third-order valence-electron chi connectivity index (χ3n) is 4.08. The molecule has 0 radical (unpaired) electrons. The molecule has 132 valence electrons. The van der Waals surface area contributed by atoms with Crippen molar-refractivity contribution in [3.63, 3.8) is 0 Å². The summed E-state index contributed by atoms with van der Waals surface area (Å²) in [6.07, 6.45) is 3.39. The van der Waals surface area contributed by atoms with Crippen LogP contribution < -0.4 is 9.62 Å². The summed E-state index contributed by atoms with van der Waals surface area (Å²) in [5.74, 6) is -0.0143. The van der Waals surface area contributed by atoms with Crippen LogP contribution in [0, 0.1) is 6.92 Å². The third-order valence-corrected chi connectivity index (χ3v) is 5.95. The van der Waals surface area contributed by atoms with Crippen LogP contribution >= 0.6 is 0 Å². The van der Waals surface area contributed by atoms with Crippen LogP contribution in [-0.4, -0.2) is 31.6 Å². The molecule has 1 aliphatic heterocycles. The minimum atomic E-state index is -3.26. The molecule has 6 nitrogen and oxygen atoms in total. The second-order valence-corrected chi connectivity index (χ2v) is 8.21. The van der Waals surface area contributed by atoms with Gasteiger partial charge in [-0.1, -0.05) is 6.07 Å². The molecule has 25 heavy (non-hydrogen) atoms. The van der Waals surface area contributed by atoms with Gasteiger partial charge in [-0.2, -0.15) is 0 Å². The molecule has 1 fully saturated rings. The lowest BCUT2D eigenvalue weighted by atomic mass is 10.2. The number of nitrogens with zero attached hydrogens (tertiary/aromatic N) is 2. The molecule has 1 amide bonds. The number of hydrogen-bond donors (Lipinski definition) is 1. The monoisotopic (exact) mass is 359 g/mol. The first-order valence-corrected chi connectivity index (χ1v) is 9.87. The van der Waals surface area contributed by atoms with E-state index in [4.69, 9.17) is 0 Å². The zero-order valence-corrected chi connectivity index (χ0v) is 14.9. The van der Waals surface area contributed by atoms with Crippen LogP contribution in [0.4, 0.5) is 11.4 Å². The summed E-state index contributed by atoms with van der Waals surface area (Å²) in [5.41, 5.74) is 2.92. The predicted octanol–water partition coefficient (Wildman–Crippen LogP) is 2.50. The van der Waals surface area contributed by atoms with Gasteiger partial charge in [-0.15, -0.1) is 0 Å². The van der Waals surface area contributed by atoms with Gasteiger partial charge in [0.1, 0.15) is 0 Å². The van der Waals surface area contributed by atoms with Crippen LogP contribution in [-0.2, 0) is 21.2 Å². The zero-order valence-electron chi connectivity index (χ0n) is 14.1. The van der Waals surface area contributed by atoms with E-state index in [0.717, 1.165) is 12.0 Å². The maximum atomic E-state index is 12.2. The minimum absolute atomic E-state index is 0.169. The molecule has 3 rings (SSSR count). The van der Waals surface area contributed by atoms with E-state index >= 15 is 0 Å². The first kappa shape index (κ1) is 17.4. The smallest absolute Gasteiger partial charge is 0.235 e. The van der Waals surface area contributed by atoms with Gasteiger partial charge in [-0.25, -0.2) is 8.42 Å². The molecule has 1 saturated heterocycles. The number of amides is 1. The van der Waals surface area contributed by atoms with Gasteiger partial charge in [0.05, 0.1) is 17.9 Å². The Hall–Kier alpha value is -2.41. The number of carbonyl (C=O) groups excluding carboxylic acids is 1. The van der Waals surface area contributed by atoms with Gasteiger partial charge < -0.3 is 5.32 Å². The average molecular weight is 359 g/mol. The van der Waals surface area contributed by atoms with E-state index in [-0.39, 0.29) is 18.1 Å². The van der Waals surface area contributed by atoms with Crippen LogP contribution in [0.5, 0.6) is 0 Å². The number of rotatable bonds is 4. The van der Waals surface area contributed by atoms with E-state index in [1.807, 2.05) is 19.1 Å². The van der Waals surface area contributed by atoms with Crippen LogP contribution in [0.3, 0.4) is 0 Å². The molecule has 0 bridgehead atoms. The van der Waals surface area contributed by atoms with Crippen LogP contribution in [0.25, 0.3) is 0 Å². The van der Waals surface area contributed by atoms with Crippen molar-refractivity contribution in [2.45, 2.75) is 26.2 Å². The fraction of sp³-hybridized carbons (Fsp3) is 0.333. The largest absolute Gasteiger partial charge is 0.326 e. The van der Waals surface area contributed by atoms with Crippen molar-refractivity contribution in [1.29, 1.82) is 0 Å². The molecule has 0 unspecified atom stereocenters. The number of benzene rings is 1. The third kappa shape index (κ3) is 4.36. The number of hydrogen-bond acceptors (Lipinski definition) is 4. The highest BCUT2D eigenvalue weighted by Crippen LogP contribution is 2.26. The van der Waals surface area contributed by atoms with E-state index in [1.165, 1.54) is 4.31 Å². The lowest BCUT2D eigenvalue weighted by Crippen LogP contribution is -2.37. The fourth-order valence-electron chi connectivity index (χ4n) is 2.88. The highest BCUT2D eigenvalue weighted by atomic mass is 32.2. The molecule has 0 aliphatic carbocycles. The van der Waals surface area contributed by atoms with E-state index < -0.39 is 10.0 Å². The van der Waals surface area contributed by atoms with Crippen molar-refractivity contribution in [2.24, 2.45) is 0 Å². The Morgan fingerprint density at radius 1 is 1.24 bits per heavy atom. The second kappa shape index (κ2) is 7.23. The summed E-state index contributed by atoms with van der Waals surface area (Å²) in [7, 11) is -3.26. The summed E-state index contributed by atoms with van der Waals surface area (Å²) >= 11 is 0. The Kier molecular flexibility index (Phi) is 5.03. The molecule has 1 N–H and O–H groups in total. The van der Waals surface area contributed by atoms with Gasteiger partial charge in [-0.3, -0.25) is 14.1 Å². The predicted molar refractivity (Wildman–Crippen MR) is 98.1 cm³/mol. The van der Waals surface area contributed by atoms with Gasteiger partial charge >= 0.3 is 0 Å². The van der Waals surface area contributed by atoms with Crippen molar-refractivity contribution < 1.29 is 13.2 Å². The van der Waals surface area contributed by atoms with Gasteiger partial charge in [0, 0.05) is 24.1 Å². The van der Waals surface area contributed by atoms with Crippen LogP contribution in [0.15, 0.2) is 42.6 Å². The van der Waals surface area contributed by atoms with E-state index in [0.29, 0.717) is 30.0 Å². The number of carbonyl (C=O) groups is 1. The summed E-state index contributed by atoms with van der Waals surface area (Å²) in [5, 5.41) is 2.82. The van der Waals surface area contributed by atoms with Gasteiger partial charge in [0.15, 0.2) is 0 Å². The lowest BCUT2D eigenvalue weighted by molar-refractivity contribution is -0.115. The molecule has 7 heteroatoms. The molecule has 2 heterocycles. The standard InChI is InChI=1S/C18H21N3O3S/c1-14-7-8-19-16(11-14)13-18(22)20-15-5-4-6-17(12-15)21-9-2-3-10-25(21,23)24/h4-8,11-12H,2-3,9-10,13H2,1H3,(H,20,22). The molecule has 1 aromatic heterocycles. The Morgan fingerprint density at radius 2 is 2.08 bits per heavy atom. The minimum Gasteiger partial charge on any atom is -0.326 e. The summed E-state index contributed by atoms with van der Waals surface area (Å²) in [4.78, 5) is 16.4. The summed E-state index contributed by atoms with van der Waals surface area (Å²) < 4.78 is 25.9. The maximum absolute atomic E-state index is 12.2. The van der Waals surface area contributed by atoms with Crippen molar-refractivity contribution in [2.75, 3.05) is 21.9 Å². The van der Waals surface area contributed by atoms with E-state index in [1.54, 1.807) is 30.5 Å². The molecule has 1 aliphatic rings. The van der Waals surface area contributed by atoms with Gasteiger partial charge in [0.2, 0.25) is 15.9 Å². The highest BCUT2D eigenvalue weighted by molar-refractivity contribution is 7.92. The molecule has 0 saturated carbocycles. The summed E-state index contributed by atoms with van der Waals surface area (Å²) in [6.45, 7) is 2.43. The van der Waals surface area contributed by atoms with Crippen molar-refractivity contribution in [3.8, 4) is 0 Å². The highest BCUT2D eigenvalue weighted by Gasteiger charge is 2.26. The fourth-order valence-corrected chi connectivity index (χ4v) is 4.51. The molecule has 0 atom stereocenters. The molecule has 2 aromatic rings. The number of anilines is 2. The lowest BCUT2D eigenvalue weighted by Gasteiger charge is -2.28. The molecular weight excluding hydrogens is 338 g/mol. The summed E-state index contributed by atoms with van der Waals surface area (Å²) in [6, 6.07) is 10.7. The molecule has 1 aromatic carbocycles. The number of pyridine rings is 1. The first-order valence-electron chi connectivity index (χ1n) is 8.26.